The lowest BCUT2D eigenvalue weighted by atomic mass is 10.1. The van der Waals surface area contributed by atoms with Gasteiger partial charge < -0.3 is 34.5 Å². The van der Waals surface area contributed by atoms with Gasteiger partial charge in [-0.3, -0.25) is 32.0 Å². The Morgan fingerprint density at radius 1 is 0.891 bits per heavy atom. The summed E-state index contributed by atoms with van der Waals surface area (Å²) >= 11 is 18.7. The smallest absolute Gasteiger partial charge is 0.387 e. The van der Waals surface area contributed by atoms with Crippen molar-refractivity contribution in [1.29, 1.82) is 0 Å². The number of hydrogen-bond acceptors (Lipinski definition) is 14. The number of nitrogens with zero attached hydrogens (tertiary/aromatic N) is 5. The first-order valence-corrected chi connectivity index (χ1v) is 17.3. The van der Waals surface area contributed by atoms with Crippen LogP contribution in [0.25, 0.3) is 22.2 Å². The molecule has 24 heteroatoms. The second kappa shape index (κ2) is 11.8. The van der Waals surface area contributed by atoms with Crippen LogP contribution in [0.5, 0.6) is 0 Å². The number of imidazole rings is 2. The van der Waals surface area contributed by atoms with E-state index in [0.29, 0.717) is 0 Å². The van der Waals surface area contributed by atoms with E-state index in [1.165, 1.54) is 16.7 Å². The maximum atomic E-state index is 13.2. The number of halogens is 3. The van der Waals surface area contributed by atoms with Crippen LogP contribution in [-0.2, 0) is 36.7 Å². The van der Waals surface area contributed by atoms with E-state index in [-0.39, 0.29) is 37.5 Å². The number of phosphoric ester groups is 2. The number of aliphatic hydroxyl groups excluding tert-OH is 2. The molecule has 3 aliphatic rings. The Morgan fingerprint density at radius 2 is 1.48 bits per heavy atom. The Kier molecular flexibility index (Phi) is 8.37. The number of aromatic nitrogens is 6. The summed E-state index contributed by atoms with van der Waals surface area (Å²) in [5.74, 6) is 0. The van der Waals surface area contributed by atoms with Gasteiger partial charge in [0.1, 0.15) is 36.6 Å². The molecule has 248 valence electrons. The van der Waals surface area contributed by atoms with E-state index in [9.17, 15) is 33.9 Å². The molecular formula is C22H21Cl3N6O13P2. The van der Waals surface area contributed by atoms with Gasteiger partial charge in [-0.05, 0) is 23.7 Å². The van der Waals surface area contributed by atoms with Gasteiger partial charge in [-0.1, -0.05) is 23.2 Å². The number of fused-ring (bicyclic) bond motifs is 6. The molecule has 3 aromatic heterocycles. The number of aliphatic hydroxyl groups is 2. The number of hydrogen-bond donors (Lipinski definition) is 5. The largest absolute Gasteiger partial charge is 0.472 e. The molecule has 19 nitrogen and oxygen atoms in total. The van der Waals surface area contributed by atoms with Crippen molar-refractivity contribution in [2.24, 2.45) is 0 Å². The monoisotopic (exact) mass is 744 g/mol. The second-order valence-electron chi connectivity index (χ2n) is 10.3. The molecule has 1 aromatic carbocycles. The highest BCUT2D eigenvalue weighted by molar-refractivity contribution is 7.47. The van der Waals surface area contributed by atoms with Crippen LogP contribution < -0.4 is 5.56 Å². The lowest BCUT2D eigenvalue weighted by molar-refractivity contribution is -0.0674. The number of benzene rings is 1. The zero-order valence-electron chi connectivity index (χ0n) is 22.6. The van der Waals surface area contributed by atoms with Gasteiger partial charge in [0.05, 0.1) is 46.9 Å². The van der Waals surface area contributed by atoms with Gasteiger partial charge >= 0.3 is 15.6 Å². The zero-order valence-corrected chi connectivity index (χ0v) is 26.6. The van der Waals surface area contributed by atoms with Gasteiger partial charge in [-0.15, -0.1) is 0 Å². The standard InChI is InChI=1S/C22H21Cl3N6O13P2/c23-7-1-9-10(2-8(7)24)31(22(25)29-9)21-17-15(33)12(42-21)4-40-45(35,36)43-16-14(32)11(3-39-46(37,38)44-17)41-20(16)30-6-28-13-18(30)26-5-27-19(13)34/h1-2,5-6,11-12,14-17,20-21,32-33H,3-4H2,(H,35,36)(H,37,38)(H,26,27,34). The van der Waals surface area contributed by atoms with Crippen LogP contribution in [0.2, 0.25) is 15.3 Å². The molecule has 0 radical (unpaired) electrons. The summed E-state index contributed by atoms with van der Waals surface area (Å²) in [6.07, 6.45) is -10.7. The maximum absolute atomic E-state index is 13.2. The number of H-pyrrole nitrogens is 1. The van der Waals surface area contributed by atoms with E-state index in [1.807, 2.05) is 0 Å². The van der Waals surface area contributed by atoms with E-state index in [4.69, 9.17) is 62.4 Å². The van der Waals surface area contributed by atoms with Gasteiger partial charge in [-0.2, -0.15) is 0 Å². The van der Waals surface area contributed by atoms with E-state index in [1.54, 1.807) is 0 Å². The Bertz CT molecular complexity index is 1990. The highest BCUT2D eigenvalue weighted by Crippen LogP contribution is 2.54. The number of rotatable bonds is 2. The zero-order chi connectivity index (χ0) is 32.7. The van der Waals surface area contributed by atoms with Crippen LogP contribution in [0.3, 0.4) is 0 Å². The van der Waals surface area contributed by atoms with Crippen molar-refractivity contribution in [2.45, 2.75) is 49.1 Å². The molecule has 4 aromatic rings. The van der Waals surface area contributed by atoms with Gasteiger partial charge in [0.2, 0.25) is 5.28 Å². The predicted molar refractivity (Wildman–Crippen MR) is 154 cm³/mol. The maximum Gasteiger partial charge on any atom is 0.472 e. The fourth-order valence-electron chi connectivity index (χ4n) is 5.43. The molecule has 10 unspecified atom stereocenters. The minimum Gasteiger partial charge on any atom is -0.387 e. The third-order valence-electron chi connectivity index (χ3n) is 7.52. The Morgan fingerprint density at radius 3 is 2.13 bits per heavy atom. The summed E-state index contributed by atoms with van der Waals surface area (Å²) in [5, 5.41) is 22.2. The first-order valence-electron chi connectivity index (χ1n) is 13.1. The highest BCUT2D eigenvalue weighted by atomic mass is 35.5. The summed E-state index contributed by atoms with van der Waals surface area (Å²) in [6.45, 7) is -1.66. The van der Waals surface area contributed by atoms with E-state index < -0.39 is 83.5 Å². The van der Waals surface area contributed by atoms with Gasteiger partial charge in [0.25, 0.3) is 5.56 Å². The predicted octanol–water partition coefficient (Wildman–Crippen LogP) is 1.66. The lowest BCUT2D eigenvalue weighted by Crippen LogP contribution is -2.38. The molecule has 46 heavy (non-hydrogen) atoms. The van der Waals surface area contributed by atoms with Crippen molar-refractivity contribution in [3.05, 3.63) is 50.5 Å². The molecular weight excluding hydrogens is 725 g/mol. The molecule has 4 bridgehead atoms. The highest BCUT2D eigenvalue weighted by Gasteiger charge is 2.54. The second-order valence-corrected chi connectivity index (χ2v) is 14.3. The summed E-state index contributed by atoms with van der Waals surface area (Å²) in [7, 11) is -10.2. The molecule has 6 heterocycles. The fourth-order valence-corrected chi connectivity index (χ4v) is 7.89. The van der Waals surface area contributed by atoms with E-state index in [2.05, 4.69) is 19.9 Å². The van der Waals surface area contributed by atoms with Crippen LogP contribution in [0.4, 0.5) is 0 Å². The first-order chi connectivity index (χ1) is 21.7. The molecule has 10 atom stereocenters. The minimum absolute atomic E-state index is 0.0343. The van der Waals surface area contributed by atoms with Crippen LogP contribution >= 0.6 is 50.4 Å². The van der Waals surface area contributed by atoms with Crippen molar-refractivity contribution >= 4 is 72.6 Å². The lowest BCUT2D eigenvalue weighted by Gasteiger charge is -2.26. The normalized spacial score (nSPS) is 37.2. The molecule has 0 amide bonds. The summed E-state index contributed by atoms with van der Waals surface area (Å²) < 4.78 is 61.5. The molecule has 0 saturated carbocycles. The van der Waals surface area contributed by atoms with E-state index in [0.717, 1.165) is 17.2 Å². The Hall–Kier alpha value is -2.03. The number of nitrogens with one attached hydrogen (secondary N) is 1. The number of aromatic amines is 1. The van der Waals surface area contributed by atoms with Crippen LogP contribution in [-0.4, -0.2) is 98.9 Å². The number of ether oxygens (including phenoxy) is 2. The fraction of sp³-hybridized carbons (Fsp3) is 0.455. The van der Waals surface area contributed by atoms with Crippen molar-refractivity contribution in [3.8, 4) is 0 Å². The van der Waals surface area contributed by atoms with Crippen LogP contribution in [0.1, 0.15) is 12.5 Å². The van der Waals surface area contributed by atoms with Gasteiger partial charge in [0.15, 0.2) is 23.6 Å². The third-order valence-corrected chi connectivity index (χ3v) is 10.5. The molecule has 3 fully saturated rings. The SMILES string of the molecule is O=c1[nH]cnc2c1ncn2C1OC2COP(=O)(O)OC3C(O)C(COP(=O)(O)OC1C2O)OC3n1c(Cl)nc2cc(Cl)c(Cl)cc21. The molecule has 3 saturated heterocycles. The van der Waals surface area contributed by atoms with Crippen molar-refractivity contribution in [2.75, 3.05) is 13.2 Å². The number of phosphoric acid groups is 2. The Labute approximate surface area is 270 Å². The third kappa shape index (κ3) is 5.72. The van der Waals surface area contributed by atoms with Gasteiger partial charge in [0, 0.05) is 0 Å². The topological polar surface area (TPSA) is 252 Å². The minimum atomic E-state index is -5.11. The van der Waals surface area contributed by atoms with Crippen LogP contribution in [0.15, 0.2) is 29.6 Å². The molecule has 5 N–H and O–H groups in total. The average Bonchev–Trinajstić information content (AvgIpc) is 3.71. The van der Waals surface area contributed by atoms with Crippen molar-refractivity contribution < 1.29 is 56.7 Å². The molecule has 0 spiro atoms. The first kappa shape index (κ1) is 32.5. The van der Waals surface area contributed by atoms with Gasteiger partial charge in [-0.25, -0.2) is 24.1 Å². The van der Waals surface area contributed by atoms with E-state index >= 15 is 0 Å². The summed E-state index contributed by atoms with van der Waals surface area (Å²) in [6, 6.07) is 2.80. The molecule has 3 aliphatic heterocycles. The average molecular weight is 746 g/mol. The van der Waals surface area contributed by atoms with Crippen molar-refractivity contribution in [1.82, 2.24) is 29.1 Å². The summed E-state index contributed by atoms with van der Waals surface area (Å²) in [5.41, 5.74) is -0.266. The quantitative estimate of drug-likeness (QED) is 0.183. The molecule has 0 aliphatic carbocycles. The van der Waals surface area contributed by atoms with Crippen molar-refractivity contribution in [3.63, 3.8) is 0 Å². The summed E-state index contributed by atoms with van der Waals surface area (Å²) in [4.78, 5) is 48.1. The Balaban J connectivity index is 1.23. The molecule has 7 rings (SSSR count). The van der Waals surface area contributed by atoms with Crippen LogP contribution in [0, 0.1) is 0 Å².